The van der Waals surface area contributed by atoms with Crippen LogP contribution in [0.25, 0.3) is 11.3 Å². The third-order valence-corrected chi connectivity index (χ3v) is 6.06. The first-order valence-corrected chi connectivity index (χ1v) is 10.8. The molecule has 168 valence electrons. The number of carbonyl (C=O) groups excluding carboxylic acids is 2. The van der Waals surface area contributed by atoms with Crippen molar-refractivity contribution < 1.29 is 14.0 Å². The number of benzene rings is 1. The molecule has 3 aromatic rings. The molecule has 0 aliphatic carbocycles. The van der Waals surface area contributed by atoms with Gasteiger partial charge in [-0.2, -0.15) is 10.2 Å². The number of aromatic amines is 2. The van der Waals surface area contributed by atoms with Crippen LogP contribution in [0.2, 0.25) is 0 Å². The largest absolute Gasteiger partial charge is 0.342 e. The van der Waals surface area contributed by atoms with Gasteiger partial charge in [0.2, 0.25) is 11.8 Å². The van der Waals surface area contributed by atoms with Crippen molar-refractivity contribution in [2.45, 2.75) is 39.5 Å². The van der Waals surface area contributed by atoms with Gasteiger partial charge >= 0.3 is 0 Å². The molecule has 1 saturated heterocycles. The van der Waals surface area contributed by atoms with Crippen molar-refractivity contribution in [2.24, 2.45) is 5.92 Å². The molecule has 0 radical (unpaired) electrons. The van der Waals surface area contributed by atoms with Gasteiger partial charge in [0.05, 0.1) is 17.8 Å². The summed E-state index contributed by atoms with van der Waals surface area (Å²) < 4.78 is 13.9. The van der Waals surface area contributed by atoms with Gasteiger partial charge in [0.15, 0.2) is 5.82 Å². The third-order valence-electron chi connectivity index (χ3n) is 6.06. The van der Waals surface area contributed by atoms with Gasteiger partial charge in [-0.1, -0.05) is 12.1 Å². The number of hydrogen-bond donors (Lipinski definition) is 3. The maximum absolute atomic E-state index is 13.9. The van der Waals surface area contributed by atoms with Crippen molar-refractivity contribution in [1.82, 2.24) is 25.3 Å². The minimum atomic E-state index is -0.353. The number of hydrogen-bond acceptors (Lipinski definition) is 4. The number of aromatic nitrogens is 4. The van der Waals surface area contributed by atoms with E-state index < -0.39 is 0 Å². The Bertz CT molecular complexity index is 1090. The van der Waals surface area contributed by atoms with Crippen molar-refractivity contribution in [3.8, 4) is 11.3 Å². The highest BCUT2D eigenvalue weighted by Crippen LogP contribution is 2.24. The van der Waals surface area contributed by atoms with Crippen LogP contribution in [-0.2, 0) is 16.0 Å². The molecule has 3 N–H and O–H groups in total. The summed E-state index contributed by atoms with van der Waals surface area (Å²) in [6.07, 6.45) is 2.28. The lowest BCUT2D eigenvalue weighted by Gasteiger charge is -2.31. The number of rotatable bonds is 6. The van der Waals surface area contributed by atoms with Crippen LogP contribution in [-0.4, -0.2) is 50.2 Å². The molecule has 9 heteroatoms. The van der Waals surface area contributed by atoms with E-state index in [0.717, 1.165) is 29.8 Å². The summed E-state index contributed by atoms with van der Waals surface area (Å²) in [7, 11) is 0. The number of aryl methyl sites for hydroxylation is 2. The number of carbonyl (C=O) groups is 2. The number of halogens is 1. The summed E-state index contributed by atoms with van der Waals surface area (Å²) in [5.41, 5.74) is 3.66. The van der Waals surface area contributed by atoms with E-state index in [1.807, 2.05) is 18.7 Å². The number of amides is 2. The van der Waals surface area contributed by atoms with Crippen molar-refractivity contribution in [3.63, 3.8) is 0 Å². The molecule has 0 atom stereocenters. The van der Waals surface area contributed by atoms with Gasteiger partial charge in [-0.15, -0.1) is 0 Å². The molecular formula is C23H27FN6O2. The fourth-order valence-electron chi connectivity index (χ4n) is 4.14. The average molecular weight is 439 g/mol. The maximum atomic E-state index is 13.9. The zero-order valence-corrected chi connectivity index (χ0v) is 18.2. The molecule has 1 aliphatic heterocycles. The second kappa shape index (κ2) is 9.33. The van der Waals surface area contributed by atoms with Crippen molar-refractivity contribution >= 4 is 17.6 Å². The summed E-state index contributed by atoms with van der Waals surface area (Å²) in [5, 5.41) is 16.7. The maximum Gasteiger partial charge on any atom is 0.227 e. The Kier molecular flexibility index (Phi) is 6.34. The SMILES string of the molecule is Cc1n[nH]c(C)c1CC(=O)N1CCC(CC(=O)Nc2cc(-c3ccccc3F)[nH]n2)CC1. The quantitative estimate of drug-likeness (QED) is 0.549. The fourth-order valence-corrected chi connectivity index (χ4v) is 4.14. The Labute approximate surface area is 185 Å². The molecule has 8 nitrogen and oxygen atoms in total. The monoisotopic (exact) mass is 438 g/mol. The Balaban J connectivity index is 1.25. The van der Waals surface area contributed by atoms with E-state index in [4.69, 9.17) is 0 Å². The molecule has 2 amide bonds. The van der Waals surface area contributed by atoms with E-state index in [1.165, 1.54) is 6.07 Å². The van der Waals surface area contributed by atoms with Gasteiger partial charge in [-0.05, 0) is 44.7 Å². The van der Waals surface area contributed by atoms with Gasteiger partial charge in [0.25, 0.3) is 0 Å². The number of likely N-dealkylation sites (tertiary alicyclic amines) is 1. The Hall–Kier alpha value is -3.49. The van der Waals surface area contributed by atoms with Crippen LogP contribution < -0.4 is 5.32 Å². The van der Waals surface area contributed by atoms with Crippen molar-refractivity contribution in [1.29, 1.82) is 0 Å². The summed E-state index contributed by atoms with van der Waals surface area (Å²) in [6.45, 7) is 5.11. The highest BCUT2D eigenvalue weighted by atomic mass is 19.1. The van der Waals surface area contributed by atoms with Crippen LogP contribution in [0.1, 0.15) is 36.2 Å². The summed E-state index contributed by atoms with van der Waals surface area (Å²) in [5.74, 6) is 0.185. The fraction of sp³-hybridized carbons (Fsp3) is 0.391. The summed E-state index contributed by atoms with van der Waals surface area (Å²) in [4.78, 5) is 27.0. The number of nitrogens with zero attached hydrogens (tertiary/aromatic N) is 3. The molecule has 3 heterocycles. The van der Waals surface area contributed by atoms with E-state index in [2.05, 4.69) is 25.7 Å². The molecule has 32 heavy (non-hydrogen) atoms. The molecule has 0 bridgehead atoms. The highest BCUT2D eigenvalue weighted by Gasteiger charge is 2.25. The third kappa shape index (κ3) is 4.87. The molecule has 0 saturated carbocycles. The predicted octanol–water partition coefficient (Wildman–Crippen LogP) is 3.37. The lowest BCUT2D eigenvalue weighted by molar-refractivity contribution is -0.132. The zero-order chi connectivity index (χ0) is 22.7. The number of H-pyrrole nitrogens is 2. The second-order valence-corrected chi connectivity index (χ2v) is 8.31. The molecule has 0 spiro atoms. The molecular weight excluding hydrogens is 411 g/mol. The number of nitrogens with one attached hydrogen (secondary N) is 3. The van der Waals surface area contributed by atoms with Crippen LogP contribution in [0, 0.1) is 25.6 Å². The second-order valence-electron chi connectivity index (χ2n) is 8.31. The van der Waals surface area contributed by atoms with E-state index in [1.54, 1.807) is 24.3 Å². The topological polar surface area (TPSA) is 107 Å². The summed E-state index contributed by atoms with van der Waals surface area (Å²) in [6, 6.07) is 8.02. The molecule has 4 rings (SSSR count). The molecule has 0 unspecified atom stereocenters. The first kappa shape index (κ1) is 21.7. The van der Waals surface area contributed by atoms with E-state index in [-0.39, 0.29) is 23.5 Å². The Morgan fingerprint density at radius 3 is 2.59 bits per heavy atom. The molecule has 2 aromatic heterocycles. The molecule has 1 aromatic carbocycles. The van der Waals surface area contributed by atoms with E-state index in [9.17, 15) is 14.0 Å². The summed E-state index contributed by atoms with van der Waals surface area (Å²) >= 11 is 0. The highest BCUT2D eigenvalue weighted by molar-refractivity contribution is 5.90. The van der Waals surface area contributed by atoms with Crippen molar-refractivity contribution in [2.75, 3.05) is 18.4 Å². The van der Waals surface area contributed by atoms with Gasteiger partial charge in [-0.25, -0.2) is 4.39 Å². The van der Waals surface area contributed by atoms with Crippen LogP contribution in [0.15, 0.2) is 30.3 Å². The average Bonchev–Trinajstić information content (AvgIpc) is 3.36. The Morgan fingerprint density at radius 1 is 1.16 bits per heavy atom. The molecule has 1 aliphatic rings. The first-order valence-electron chi connectivity index (χ1n) is 10.8. The van der Waals surface area contributed by atoms with Crippen LogP contribution in [0.3, 0.4) is 0 Å². The minimum Gasteiger partial charge on any atom is -0.342 e. The van der Waals surface area contributed by atoms with E-state index >= 15 is 0 Å². The zero-order valence-electron chi connectivity index (χ0n) is 18.2. The van der Waals surface area contributed by atoms with Gasteiger partial charge < -0.3 is 10.2 Å². The Morgan fingerprint density at radius 2 is 1.91 bits per heavy atom. The van der Waals surface area contributed by atoms with Crippen LogP contribution in [0.4, 0.5) is 10.2 Å². The van der Waals surface area contributed by atoms with Crippen LogP contribution >= 0.6 is 0 Å². The van der Waals surface area contributed by atoms with Crippen LogP contribution in [0.5, 0.6) is 0 Å². The van der Waals surface area contributed by atoms with Gasteiger partial charge in [0, 0.05) is 42.4 Å². The first-order chi connectivity index (χ1) is 15.4. The van der Waals surface area contributed by atoms with Gasteiger partial charge in [-0.3, -0.25) is 19.8 Å². The minimum absolute atomic E-state index is 0.0951. The molecule has 1 fully saturated rings. The lowest BCUT2D eigenvalue weighted by Crippen LogP contribution is -2.40. The van der Waals surface area contributed by atoms with Gasteiger partial charge in [0.1, 0.15) is 5.82 Å². The number of piperidine rings is 1. The number of anilines is 1. The smallest absolute Gasteiger partial charge is 0.227 e. The normalized spacial score (nSPS) is 14.5. The van der Waals surface area contributed by atoms with Crippen molar-refractivity contribution in [3.05, 3.63) is 53.1 Å². The van der Waals surface area contributed by atoms with E-state index in [0.29, 0.717) is 43.0 Å². The standard InChI is InChI=1S/C23H27FN6O2/c1-14-18(15(2)27-26-14)12-23(32)30-9-7-16(8-10-30)11-22(31)25-21-13-20(28-29-21)17-5-3-4-6-19(17)24/h3-6,13,16H,7-12H2,1-2H3,(H,26,27)(H2,25,28,29,31). The lowest BCUT2D eigenvalue weighted by atomic mass is 9.93. The predicted molar refractivity (Wildman–Crippen MR) is 118 cm³/mol.